The number of carbonyl (C=O) groups excluding carboxylic acids is 1. The van der Waals surface area contributed by atoms with Crippen molar-refractivity contribution in [3.63, 3.8) is 0 Å². The molecule has 1 aromatic heterocycles. The predicted molar refractivity (Wildman–Crippen MR) is 103 cm³/mol. The SMILES string of the molecule is Cc1c(Cl)cccc1-n1ccc(C#N)c1C(=O)NCCN1CCCCC1. The molecular weight excluding hydrogens is 348 g/mol. The average Bonchev–Trinajstić information content (AvgIpc) is 3.08. The number of rotatable bonds is 5. The maximum atomic E-state index is 12.8. The molecule has 1 N–H and O–H groups in total. The van der Waals surface area contributed by atoms with Crippen LogP contribution in [0.4, 0.5) is 0 Å². The number of hydrogen-bond acceptors (Lipinski definition) is 3. The van der Waals surface area contributed by atoms with Crippen molar-refractivity contribution < 1.29 is 4.79 Å². The van der Waals surface area contributed by atoms with Gasteiger partial charge in [0.2, 0.25) is 0 Å². The van der Waals surface area contributed by atoms with E-state index < -0.39 is 0 Å². The van der Waals surface area contributed by atoms with Crippen LogP contribution in [0.15, 0.2) is 30.5 Å². The van der Waals surface area contributed by atoms with Crippen LogP contribution in [0.2, 0.25) is 5.02 Å². The number of aromatic nitrogens is 1. The van der Waals surface area contributed by atoms with E-state index in [1.54, 1.807) is 16.8 Å². The Kier molecular flexibility index (Phi) is 5.97. The second kappa shape index (κ2) is 8.39. The van der Waals surface area contributed by atoms with Crippen molar-refractivity contribution in [3.8, 4) is 11.8 Å². The lowest BCUT2D eigenvalue weighted by molar-refractivity contribution is 0.0939. The second-order valence-electron chi connectivity index (χ2n) is 6.60. The van der Waals surface area contributed by atoms with E-state index in [2.05, 4.69) is 16.3 Å². The minimum Gasteiger partial charge on any atom is -0.349 e. The average molecular weight is 371 g/mol. The summed E-state index contributed by atoms with van der Waals surface area (Å²) in [5.74, 6) is -0.233. The van der Waals surface area contributed by atoms with Gasteiger partial charge in [-0.2, -0.15) is 5.26 Å². The number of piperidine rings is 1. The van der Waals surface area contributed by atoms with Crippen molar-refractivity contribution in [3.05, 3.63) is 52.3 Å². The minimum atomic E-state index is -0.233. The van der Waals surface area contributed by atoms with Crippen LogP contribution >= 0.6 is 11.6 Å². The van der Waals surface area contributed by atoms with Crippen LogP contribution in [-0.4, -0.2) is 41.6 Å². The molecule has 136 valence electrons. The van der Waals surface area contributed by atoms with E-state index in [9.17, 15) is 10.1 Å². The number of halogens is 1. The molecule has 0 spiro atoms. The van der Waals surface area contributed by atoms with E-state index >= 15 is 0 Å². The van der Waals surface area contributed by atoms with Gasteiger partial charge in [-0.3, -0.25) is 4.79 Å². The van der Waals surface area contributed by atoms with E-state index in [-0.39, 0.29) is 5.91 Å². The summed E-state index contributed by atoms with van der Waals surface area (Å²) in [6.07, 6.45) is 5.49. The van der Waals surface area contributed by atoms with E-state index in [0.29, 0.717) is 22.8 Å². The van der Waals surface area contributed by atoms with Crippen molar-refractivity contribution in [2.45, 2.75) is 26.2 Å². The van der Waals surface area contributed by atoms with E-state index in [1.165, 1.54) is 19.3 Å². The molecule has 2 heterocycles. The summed E-state index contributed by atoms with van der Waals surface area (Å²) >= 11 is 6.22. The van der Waals surface area contributed by atoms with Crippen molar-refractivity contribution in [2.75, 3.05) is 26.2 Å². The molecule has 1 saturated heterocycles. The lowest BCUT2D eigenvalue weighted by atomic mass is 10.1. The van der Waals surface area contributed by atoms with Gasteiger partial charge in [0.25, 0.3) is 5.91 Å². The Bertz CT molecular complexity index is 831. The van der Waals surface area contributed by atoms with Gasteiger partial charge in [0.05, 0.1) is 11.3 Å². The summed E-state index contributed by atoms with van der Waals surface area (Å²) in [6, 6.07) is 9.33. The van der Waals surface area contributed by atoms with Gasteiger partial charge in [-0.15, -0.1) is 0 Å². The zero-order chi connectivity index (χ0) is 18.5. The molecule has 0 bridgehead atoms. The van der Waals surface area contributed by atoms with Crippen molar-refractivity contribution in [1.29, 1.82) is 5.26 Å². The van der Waals surface area contributed by atoms with Crippen LogP contribution in [0.1, 0.15) is 40.9 Å². The third kappa shape index (κ3) is 3.92. The minimum absolute atomic E-state index is 0.233. The molecular formula is C20H23ClN4O. The number of benzene rings is 1. The fraction of sp³-hybridized carbons (Fsp3) is 0.400. The fourth-order valence-corrected chi connectivity index (χ4v) is 3.58. The molecule has 6 heteroatoms. The highest BCUT2D eigenvalue weighted by Crippen LogP contribution is 2.25. The second-order valence-corrected chi connectivity index (χ2v) is 7.01. The number of hydrogen-bond donors (Lipinski definition) is 1. The molecule has 1 aliphatic heterocycles. The number of amides is 1. The molecule has 0 atom stereocenters. The lowest BCUT2D eigenvalue weighted by Gasteiger charge is -2.26. The Labute approximate surface area is 159 Å². The normalized spacial score (nSPS) is 14.8. The van der Waals surface area contributed by atoms with Crippen LogP contribution in [0.25, 0.3) is 5.69 Å². The summed E-state index contributed by atoms with van der Waals surface area (Å²) < 4.78 is 1.75. The lowest BCUT2D eigenvalue weighted by Crippen LogP contribution is -2.38. The molecule has 1 aliphatic rings. The van der Waals surface area contributed by atoms with Crippen LogP contribution < -0.4 is 5.32 Å². The Balaban J connectivity index is 1.78. The molecule has 1 aromatic carbocycles. The largest absolute Gasteiger partial charge is 0.349 e. The Morgan fingerprint density at radius 3 is 2.77 bits per heavy atom. The Morgan fingerprint density at radius 1 is 1.27 bits per heavy atom. The molecule has 5 nitrogen and oxygen atoms in total. The maximum absolute atomic E-state index is 12.8. The molecule has 0 aliphatic carbocycles. The standard InChI is InChI=1S/C20H23ClN4O/c1-15-17(21)6-5-7-18(15)25-12-8-16(14-22)19(25)20(26)23-9-13-24-10-3-2-4-11-24/h5-8,12H,2-4,9-11,13H2,1H3,(H,23,26). The first-order valence-corrected chi connectivity index (χ1v) is 9.37. The number of nitrogens with one attached hydrogen (secondary N) is 1. The van der Waals surface area contributed by atoms with Crippen molar-refractivity contribution >= 4 is 17.5 Å². The van der Waals surface area contributed by atoms with Crippen LogP contribution in [0.5, 0.6) is 0 Å². The molecule has 2 aromatic rings. The van der Waals surface area contributed by atoms with Gasteiger partial charge in [0, 0.05) is 24.3 Å². The van der Waals surface area contributed by atoms with Crippen molar-refractivity contribution in [1.82, 2.24) is 14.8 Å². The van der Waals surface area contributed by atoms with Crippen molar-refractivity contribution in [2.24, 2.45) is 0 Å². The van der Waals surface area contributed by atoms with Gasteiger partial charge in [-0.25, -0.2) is 0 Å². The molecule has 26 heavy (non-hydrogen) atoms. The van der Waals surface area contributed by atoms with Crippen LogP contribution in [-0.2, 0) is 0 Å². The highest BCUT2D eigenvalue weighted by Gasteiger charge is 2.20. The van der Waals surface area contributed by atoms with E-state index in [0.717, 1.165) is 30.9 Å². The zero-order valence-electron chi connectivity index (χ0n) is 15.0. The first kappa shape index (κ1) is 18.5. The molecule has 0 radical (unpaired) electrons. The first-order chi connectivity index (χ1) is 12.6. The van der Waals surface area contributed by atoms with Crippen LogP contribution in [0, 0.1) is 18.3 Å². The Hall–Kier alpha value is -2.29. The fourth-order valence-electron chi connectivity index (χ4n) is 3.41. The molecule has 1 fully saturated rings. The maximum Gasteiger partial charge on any atom is 0.269 e. The monoisotopic (exact) mass is 370 g/mol. The zero-order valence-corrected chi connectivity index (χ0v) is 15.7. The molecule has 0 saturated carbocycles. The van der Waals surface area contributed by atoms with Gasteiger partial charge in [-0.05, 0) is 56.6 Å². The quantitative estimate of drug-likeness (QED) is 0.875. The molecule has 3 rings (SSSR count). The highest BCUT2D eigenvalue weighted by molar-refractivity contribution is 6.31. The predicted octanol–water partition coefficient (Wildman–Crippen LogP) is 3.53. The number of nitriles is 1. The van der Waals surface area contributed by atoms with E-state index in [1.807, 2.05) is 25.1 Å². The number of nitrogens with zero attached hydrogens (tertiary/aromatic N) is 3. The van der Waals surface area contributed by atoms with Gasteiger partial charge in [-0.1, -0.05) is 24.1 Å². The van der Waals surface area contributed by atoms with Gasteiger partial charge >= 0.3 is 0 Å². The smallest absolute Gasteiger partial charge is 0.269 e. The molecule has 1 amide bonds. The summed E-state index contributed by atoms with van der Waals surface area (Å²) in [5.41, 5.74) is 2.40. The summed E-state index contributed by atoms with van der Waals surface area (Å²) in [7, 11) is 0. The van der Waals surface area contributed by atoms with Gasteiger partial charge in [0.15, 0.2) is 0 Å². The molecule has 0 unspecified atom stereocenters. The van der Waals surface area contributed by atoms with Gasteiger partial charge in [0.1, 0.15) is 11.8 Å². The van der Waals surface area contributed by atoms with E-state index in [4.69, 9.17) is 11.6 Å². The Morgan fingerprint density at radius 2 is 2.04 bits per heavy atom. The topological polar surface area (TPSA) is 61.1 Å². The third-order valence-electron chi connectivity index (χ3n) is 4.88. The first-order valence-electron chi connectivity index (χ1n) is 8.99. The summed E-state index contributed by atoms with van der Waals surface area (Å²) in [6.45, 7) is 5.50. The summed E-state index contributed by atoms with van der Waals surface area (Å²) in [5, 5.41) is 13.0. The number of carbonyl (C=O) groups is 1. The van der Waals surface area contributed by atoms with Crippen LogP contribution in [0.3, 0.4) is 0 Å². The summed E-state index contributed by atoms with van der Waals surface area (Å²) in [4.78, 5) is 15.2. The number of likely N-dealkylation sites (tertiary alicyclic amines) is 1. The third-order valence-corrected chi connectivity index (χ3v) is 5.29. The highest BCUT2D eigenvalue weighted by atomic mass is 35.5. The van der Waals surface area contributed by atoms with Gasteiger partial charge < -0.3 is 14.8 Å².